The number of rotatable bonds is 15. The molecule has 0 rings (SSSR count). The summed E-state index contributed by atoms with van der Waals surface area (Å²) in [6.45, 7) is 24.9. The normalized spacial score (nSPS) is 13.1. The maximum absolute atomic E-state index is 13.1. The van der Waals surface area contributed by atoms with Crippen molar-refractivity contribution in [2.24, 2.45) is 0 Å². The average Bonchev–Trinajstić information content (AvgIpc) is 2.66. The van der Waals surface area contributed by atoms with Crippen molar-refractivity contribution in [1.29, 1.82) is 0 Å². The zero-order valence-corrected chi connectivity index (χ0v) is 28.0. The summed E-state index contributed by atoms with van der Waals surface area (Å²) in [5.41, 5.74) is -2.82. The fourth-order valence-electron chi connectivity index (χ4n) is 3.95. The summed E-state index contributed by atoms with van der Waals surface area (Å²) >= 11 is 0. The molecule has 240 valence electrons. The third-order valence-electron chi connectivity index (χ3n) is 5.22. The van der Waals surface area contributed by atoms with Crippen molar-refractivity contribution < 1.29 is 42.6 Å². The topological polar surface area (TPSA) is 120 Å². The Morgan fingerprint density at radius 1 is 0.585 bits per heavy atom. The minimum Gasteiger partial charge on any atom is -0.459 e. The fourth-order valence-corrected chi connectivity index (χ4v) is 3.95. The second kappa shape index (κ2) is 15.8. The van der Waals surface area contributed by atoms with Crippen molar-refractivity contribution in [3.05, 3.63) is 0 Å². The van der Waals surface area contributed by atoms with Crippen LogP contribution in [0.3, 0.4) is 0 Å². The van der Waals surface area contributed by atoms with Gasteiger partial charge >= 0.3 is 23.9 Å². The molecular formula is C30H58N3O8+. The molecule has 0 atom stereocenters. The summed E-state index contributed by atoms with van der Waals surface area (Å²) < 4.78 is 22.3. The van der Waals surface area contributed by atoms with Crippen LogP contribution in [0.2, 0.25) is 0 Å². The van der Waals surface area contributed by atoms with Crippen molar-refractivity contribution in [3.8, 4) is 0 Å². The lowest BCUT2D eigenvalue weighted by atomic mass is 10.2. The third kappa shape index (κ3) is 21.2. The number of nitrogens with one attached hydrogen (secondary N) is 1. The molecule has 0 fully saturated rings. The summed E-state index contributed by atoms with van der Waals surface area (Å²) in [5.74, 6) is -1.90. The molecule has 0 radical (unpaired) electrons. The molecule has 0 heterocycles. The van der Waals surface area contributed by atoms with Crippen molar-refractivity contribution in [2.45, 2.75) is 112 Å². The van der Waals surface area contributed by atoms with Gasteiger partial charge in [-0.15, -0.1) is 0 Å². The lowest BCUT2D eigenvalue weighted by Gasteiger charge is -2.39. The largest absolute Gasteiger partial charge is 0.459 e. The van der Waals surface area contributed by atoms with Gasteiger partial charge in [0.1, 0.15) is 22.4 Å². The number of carbonyl (C=O) groups is 4. The monoisotopic (exact) mass is 588 g/mol. The van der Waals surface area contributed by atoms with Crippen LogP contribution in [0.25, 0.3) is 0 Å². The number of hydrogen-bond donors (Lipinski definition) is 1. The van der Waals surface area contributed by atoms with E-state index in [9.17, 15) is 19.2 Å². The van der Waals surface area contributed by atoms with Crippen LogP contribution in [0, 0.1) is 0 Å². The predicted octanol–water partition coefficient (Wildman–Crippen LogP) is 3.08. The van der Waals surface area contributed by atoms with E-state index in [-0.39, 0.29) is 43.8 Å². The molecule has 11 heteroatoms. The van der Waals surface area contributed by atoms with E-state index in [4.69, 9.17) is 18.9 Å². The number of esters is 4. The van der Waals surface area contributed by atoms with E-state index >= 15 is 0 Å². The van der Waals surface area contributed by atoms with Crippen molar-refractivity contribution in [1.82, 2.24) is 10.2 Å². The molecule has 41 heavy (non-hydrogen) atoms. The average molecular weight is 589 g/mol. The molecule has 0 saturated carbocycles. The van der Waals surface area contributed by atoms with Crippen LogP contribution in [-0.2, 0) is 38.1 Å². The van der Waals surface area contributed by atoms with Gasteiger partial charge in [-0.25, -0.2) is 9.59 Å². The lowest BCUT2D eigenvalue weighted by Crippen LogP contribution is -2.60. The van der Waals surface area contributed by atoms with E-state index in [1.807, 2.05) is 6.92 Å². The van der Waals surface area contributed by atoms with Crippen LogP contribution in [0.1, 0.15) is 90.0 Å². The van der Waals surface area contributed by atoms with Crippen LogP contribution < -0.4 is 5.32 Å². The Bertz CT molecular complexity index is 801. The molecule has 0 aliphatic rings. The van der Waals surface area contributed by atoms with Gasteiger partial charge < -0.3 is 28.7 Å². The highest BCUT2D eigenvalue weighted by atomic mass is 16.6. The molecule has 0 aliphatic carbocycles. The molecule has 0 aromatic heterocycles. The Labute approximate surface area is 248 Å². The minimum atomic E-state index is -0.709. The molecule has 11 nitrogen and oxygen atoms in total. The van der Waals surface area contributed by atoms with E-state index in [0.717, 1.165) is 0 Å². The predicted molar refractivity (Wildman–Crippen MR) is 158 cm³/mol. The Balaban J connectivity index is 6.29. The number of likely N-dealkylation sites (N-methyl/N-ethyl adjacent to an activating group) is 1. The maximum Gasteiger partial charge on any atom is 0.362 e. The number of nitrogens with zero attached hydrogens (tertiary/aromatic N) is 2. The van der Waals surface area contributed by atoms with E-state index in [2.05, 4.69) is 5.32 Å². The zero-order chi connectivity index (χ0) is 32.3. The number of quaternary nitrogens is 1. The highest BCUT2D eigenvalue weighted by molar-refractivity contribution is 5.75. The molecule has 0 unspecified atom stereocenters. The molecular weight excluding hydrogens is 530 g/mol. The van der Waals surface area contributed by atoms with Crippen LogP contribution in [0.15, 0.2) is 0 Å². The van der Waals surface area contributed by atoms with Gasteiger partial charge in [-0.05, 0) is 89.6 Å². The Morgan fingerprint density at radius 2 is 0.927 bits per heavy atom. The standard InChI is InChI=1S/C30H58N3O8/c1-14-31-15-17-33(21-25(36)40-29(8,9)10,22-26(37)41-30(11,12)13)18-16-32(19-23(34)38-27(2,3)4)20-24(35)39-28(5,6)7/h31H,14-22H2,1-13H3/q+1. The molecule has 1 N–H and O–H groups in total. The second-order valence-electron chi connectivity index (χ2n) is 14.5. The van der Waals surface area contributed by atoms with E-state index in [0.29, 0.717) is 19.6 Å². The molecule has 0 aliphatic heterocycles. The van der Waals surface area contributed by atoms with Gasteiger partial charge in [0.05, 0.1) is 26.2 Å². The first kappa shape index (κ1) is 38.8. The molecule has 0 bridgehead atoms. The second-order valence-corrected chi connectivity index (χ2v) is 14.5. The van der Waals surface area contributed by atoms with Crippen LogP contribution in [0.4, 0.5) is 0 Å². The van der Waals surface area contributed by atoms with Gasteiger partial charge in [-0.3, -0.25) is 14.5 Å². The van der Waals surface area contributed by atoms with Crippen molar-refractivity contribution in [3.63, 3.8) is 0 Å². The summed E-state index contributed by atoms with van der Waals surface area (Å²) in [4.78, 5) is 53.4. The fraction of sp³-hybridized carbons (Fsp3) is 0.867. The third-order valence-corrected chi connectivity index (χ3v) is 5.22. The smallest absolute Gasteiger partial charge is 0.362 e. The minimum absolute atomic E-state index is 0.00988. The first-order valence-electron chi connectivity index (χ1n) is 14.5. The molecule has 0 spiro atoms. The maximum atomic E-state index is 13.1. The summed E-state index contributed by atoms with van der Waals surface area (Å²) in [6, 6.07) is 0. The first-order chi connectivity index (χ1) is 18.3. The quantitative estimate of drug-likeness (QED) is 0.132. The van der Waals surface area contributed by atoms with Gasteiger partial charge in [-0.1, -0.05) is 6.92 Å². The van der Waals surface area contributed by atoms with Gasteiger partial charge in [0.15, 0.2) is 13.1 Å². The molecule has 0 aromatic carbocycles. The van der Waals surface area contributed by atoms with Crippen molar-refractivity contribution in [2.75, 3.05) is 58.9 Å². The van der Waals surface area contributed by atoms with Crippen molar-refractivity contribution >= 4 is 23.9 Å². The number of carbonyl (C=O) groups excluding carboxylic acids is 4. The Morgan fingerprint density at radius 3 is 1.24 bits per heavy atom. The van der Waals surface area contributed by atoms with Gasteiger partial charge in [-0.2, -0.15) is 0 Å². The van der Waals surface area contributed by atoms with Crippen LogP contribution >= 0.6 is 0 Å². The summed E-state index contributed by atoms with van der Waals surface area (Å²) in [6.07, 6.45) is 0. The zero-order valence-electron chi connectivity index (χ0n) is 28.0. The van der Waals surface area contributed by atoms with Gasteiger partial charge in [0.25, 0.3) is 0 Å². The molecule has 0 aromatic rings. The Hall–Kier alpha value is -2.24. The van der Waals surface area contributed by atoms with Gasteiger partial charge in [0.2, 0.25) is 0 Å². The first-order valence-corrected chi connectivity index (χ1v) is 14.5. The van der Waals surface area contributed by atoms with Gasteiger partial charge in [0, 0.05) is 13.1 Å². The van der Waals surface area contributed by atoms with E-state index in [1.54, 1.807) is 88.0 Å². The number of ether oxygens (including phenoxy) is 4. The number of hydrogen-bond acceptors (Lipinski definition) is 10. The van der Waals surface area contributed by atoms with Crippen LogP contribution in [0.5, 0.6) is 0 Å². The van der Waals surface area contributed by atoms with E-state index < -0.39 is 46.3 Å². The highest BCUT2D eigenvalue weighted by Crippen LogP contribution is 2.16. The summed E-state index contributed by atoms with van der Waals surface area (Å²) in [5, 5.41) is 3.27. The Kier molecular flexibility index (Phi) is 15.0. The van der Waals surface area contributed by atoms with E-state index in [1.165, 1.54) is 0 Å². The lowest BCUT2D eigenvalue weighted by molar-refractivity contribution is -0.913. The SMILES string of the molecule is CCNCC[N+](CCN(CC(=O)OC(C)(C)C)CC(=O)OC(C)(C)C)(CC(=O)OC(C)(C)C)CC(=O)OC(C)(C)C. The van der Waals surface area contributed by atoms with Crippen LogP contribution in [-0.4, -0.2) is 115 Å². The highest BCUT2D eigenvalue weighted by Gasteiger charge is 2.37. The molecule has 0 saturated heterocycles. The summed E-state index contributed by atoms with van der Waals surface area (Å²) in [7, 11) is 0. The molecule has 0 amide bonds.